The minimum atomic E-state index is 0.491. The maximum atomic E-state index is 5.68. The number of nitrogens with two attached hydrogens (primary N) is 1. The van der Waals surface area contributed by atoms with E-state index in [1.165, 1.54) is 42.1 Å². The lowest BCUT2D eigenvalue weighted by atomic mass is 9.92. The Hall–Kier alpha value is -0.0300. The molecule has 96 valence electrons. The fourth-order valence-corrected chi connectivity index (χ4v) is 4.35. The van der Waals surface area contributed by atoms with Crippen LogP contribution in [0.3, 0.4) is 0 Å². The lowest BCUT2D eigenvalue weighted by molar-refractivity contribution is 0.354. The molecule has 1 aliphatic rings. The third kappa shape index (κ3) is 4.62. The first-order chi connectivity index (χ1) is 8.38. The van der Waals surface area contributed by atoms with Gasteiger partial charge in [0.2, 0.25) is 0 Å². The Labute approximate surface area is 112 Å². The molecule has 0 aliphatic carbocycles. The van der Waals surface area contributed by atoms with Crippen LogP contribution < -0.4 is 11.3 Å². The zero-order valence-electron chi connectivity index (χ0n) is 10.2. The number of thiophene rings is 1. The molecule has 2 rings (SSSR count). The molecule has 0 saturated carbocycles. The van der Waals surface area contributed by atoms with E-state index in [0.717, 1.165) is 12.3 Å². The van der Waals surface area contributed by atoms with Crippen molar-refractivity contribution in [2.24, 2.45) is 11.8 Å². The standard InChI is InChI=1S/C13H22N2S2/c14-15-12(3-4-13-2-1-7-17-13)10-11-5-8-16-9-6-11/h1-2,7,11-12,15H,3-6,8-10,14H2. The molecular formula is C13H22N2S2. The van der Waals surface area contributed by atoms with Crippen LogP contribution in [0.1, 0.15) is 30.6 Å². The second kappa shape index (κ2) is 7.41. The van der Waals surface area contributed by atoms with Crippen LogP contribution in [-0.4, -0.2) is 17.5 Å². The van der Waals surface area contributed by atoms with Gasteiger partial charge in [-0.1, -0.05) is 6.07 Å². The molecule has 17 heavy (non-hydrogen) atoms. The van der Waals surface area contributed by atoms with Crippen LogP contribution in [0.4, 0.5) is 0 Å². The first-order valence-corrected chi connectivity index (χ1v) is 8.48. The molecule has 0 radical (unpaired) electrons. The van der Waals surface area contributed by atoms with E-state index in [0.29, 0.717) is 6.04 Å². The zero-order valence-corrected chi connectivity index (χ0v) is 11.9. The molecule has 2 heterocycles. The summed E-state index contributed by atoms with van der Waals surface area (Å²) in [5, 5.41) is 2.15. The molecule has 1 aromatic rings. The average Bonchev–Trinajstić information content (AvgIpc) is 2.89. The smallest absolute Gasteiger partial charge is 0.0216 e. The van der Waals surface area contributed by atoms with Gasteiger partial charge in [0.25, 0.3) is 0 Å². The second-order valence-electron chi connectivity index (χ2n) is 4.77. The van der Waals surface area contributed by atoms with Gasteiger partial charge in [0.15, 0.2) is 0 Å². The van der Waals surface area contributed by atoms with Crippen LogP contribution in [0.15, 0.2) is 17.5 Å². The molecule has 0 bridgehead atoms. The second-order valence-corrected chi connectivity index (χ2v) is 7.03. The van der Waals surface area contributed by atoms with Gasteiger partial charge in [0.05, 0.1) is 0 Å². The Kier molecular flexibility index (Phi) is 5.85. The third-order valence-electron chi connectivity index (χ3n) is 3.51. The molecule has 3 N–H and O–H groups in total. The summed E-state index contributed by atoms with van der Waals surface area (Å²) in [6.45, 7) is 0. The summed E-state index contributed by atoms with van der Waals surface area (Å²) >= 11 is 3.94. The Morgan fingerprint density at radius 1 is 1.41 bits per heavy atom. The number of rotatable bonds is 6. The Morgan fingerprint density at radius 2 is 2.24 bits per heavy atom. The monoisotopic (exact) mass is 270 g/mol. The van der Waals surface area contributed by atoms with Gasteiger partial charge in [-0.3, -0.25) is 11.3 Å². The predicted molar refractivity (Wildman–Crippen MR) is 78.4 cm³/mol. The van der Waals surface area contributed by atoms with Crippen molar-refractivity contribution in [3.63, 3.8) is 0 Å². The van der Waals surface area contributed by atoms with Gasteiger partial charge < -0.3 is 0 Å². The van der Waals surface area contributed by atoms with E-state index in [9.17, 15) is 0 Å². The fraction of sp³-hybridized carbons (Fsp3) is 0.692. The third-order valence-corrected chi connectivity index (χ3v) is 5.50. The number of thioether (sulfide) groups is 1. The maximum Gasteiger partial charge on any atom is 0.0216 e. The van der Waals surface area contributed by atoms with Gasteiger partial charge in [0, 0.05) is 10.9 Å². The Morgan fingerprint density at radius 3 is 2.88 bits per heavy atom. The molecule has 1 saturated heterocycles. The van der Waals surface area contributed by atoms with Gasteiger partial charge in [-0.25, -0.2) is 0 Å². The highest BCUT2D eigenvalue weighted by atomic mass is 32.2. The molecule has 1 atom stereocenters. The van der Waals surface area contributed by atoms with Gasteiger partial charge in [-0.2, -0.15) is 11.8 Å². The van der Waals surface area contributed by atoms with Crippen LogP contribution in [0.5, 0.6) is 0 Å². The van der Waals surface area contributed by atoms with Crippen molar-refractivity contribution in [3.05, 3.63) is 22.4 Å². The molecule has 1 fully saturated rings. The molecule has 0 amide bonds. The van der Waals surface area contributed by atoms with Crippen molar-refractivity contribution in [1.82, 2.24) is 5.43 Å². The summed E-state index contributed by atoms with van der Waals surface area (Å²) in [7, 11) is 0. The molecule has 0 aromatic carbocycles. The van der Waals surface area contributed by atoms with E-state index in [4.69, 9.17) is 5.84 Å². The van der Waals surface area contributed by atoms with E-state index in [-0.39, 0.29) is 0 Å². The minimum absolute atomic E-state index is 0.491. The van der Waals surface area contributed by atoms with Crippen LogP contribution in [0.25, 0.3) is 0 Å². The largest absolute Gasteiger partial charge is 0.271 e. The van der Waals surface area contributed by atoms with Gasteiger partial charge >= 0.3 is 0 Å². The van der Waals surface area contributed by atoms with E-state index in [1.807, 2.05) is 11.3 Å². The zero-order chi connectivity index (χ0) is 11.9. The molecule has 1 aromatic heterocycles. The maximum absolute atomic E-state index is 5.68. The van der Waals surface area contributed by atoms with Gasteiger partial charge in [-0.05, 0) is 61.0 Å². The summed E-state index contributed by atoms with van der Waals surface area (Å²) in [6, 6.07) is 4.84. The van der Waals surface area contributed by atoms with Crippen molar-refractivity contribution < 1.29 is 0 Å². The average molecular weight is 270 g/mol. The lowest BCUT2D eigenvalue weighted by Crippen LogP contribution is -2.37. The first-order valence-electron chi connectivity index (χ1n) is 6.44. The van der Waals surface area contributed by atoms with Crippen molar-refractivity contribution in [1.29, 1.82) is 0 Å². The van der Waals surface area contributed by atoms with Crippen molar-refractivity contribution in [3.8, 4) is 0 Å². The predicted octanol–water partition coefficient (Wildman–Crippen LogP) is 3.05. The number of nitrogens with one attached hydrogen (secondary N) is 1. The van der Waals surface area contributed by atoms with Crippen LogP contribution >= 0.6 is 23.1 Å². The molecule has 1 aliphatic heterocycles. The topological polar surface area (TPSA) is 38.0 Å². The van der Waals surface area contributed by atoms with E-state index in [2.05, 4.69) is 34.7 Å². The number of hydrogen-bond donors (Lipinski definition) is 2. The number of hydrogen-bond acceptors (Lipinski definition) is 4. The highest BCUT2D eigenvalue weighted by Gasteiger charge is 2.18. The molecule has 4 heteroatoms. The minimum Gasteiger partial charge on any atom is -0.271 e. The normalized spacial score (nSPS) is 19.4. The molecular weight excluding hydrogens is 248 g/mol. The van der Waals surface area contributed by atoms with Crippen LogP contribution in [0.2, 0.25) is 0 Å². The van der Waals surface area contributed by atoms with E-state index >= 15 is 0 Å². The van der Waals surface area contributed by atoms with Crippen molar-refractivity contribution in [2.75, 3.05) is 11.5 Å². The summed E-state index contributed by atoms with van der Waals surface area (Å²) in [4.78, 5) is 1.48. The van der Waals surface area contributed by atoms with Crippen molar-refractivity contribution in [2.45, 2.75) is 38.1 Å². The van der Waals surface area contributed by atoms with Gasteiger partial charge in [0.1, 0.15) is 0 Å². The van der Waals surface area contributed by atoms with E-state index in [1.54, 1.807) is 0 Å². The summed E-state index contributed by atoms with van der Waals surface area (Å²) in [6.07, 6.45) is 6.33. The summed E-state index contributed by atoms with van der Waals surface area (Å²) < 4.78 is 0. The Bertz CT molecular complexity index is 294. The van der Waals surface area contributed by atoms with Crippen LogP contribution in [-0.2, 0) is 6.42 Å². The lowest BCUT2D eigenvalue weighted by Gasteiger charge is -2.25. The Balaban J connectivity index is 1.72. The highest BCUT2D eigenvalue weighted by molar-refractivity contribution is 7.99. The highest BCUT2D eigenvalue weighted by Crippen LogP contribution is 2.27. The molecule has 1 unspecified atom stereocenters. The van der Waals surface area contributed by atoms with Crippen LogP contribution in [0, 0.1) is 5.92 Å². The quantitative estimate of drug-likeness (QED) is 0.616. The van der Waals surface area contributed by atoms with E-state index < -0.39 is 0 Å². The molecule has 0 spiro atoms. The first kappa shape index (κ1) is 13.4. The van der Waals surface area contributed by atoms with Crippen molar-refractivity contribution >= 4 is 23.1 Å². The number of hydrazine groups is 1. The van der Waals surface area contributed by atoms with Gasteiger partial charge in [-0.15, -0.1) is 11.3 Å². The summed E-state index contributed by atoms with van der Waals surface area (Å²) in [5.74, 6) is 9.25. The number of aryl methyl sites for hydroxylation is 1. The summed E-state index contributed by atoms with van der Waals surface area (Å²) in [5.41, 5.74) is 3.01. The SMILES string of the molecule is NNC(CCc1cccs1)CC1CCSCC1. The fourth-order valence-electron chi connectivity index (χ4n) is 2.43. The molecule has 2 nitrogen and oxygen atoms in total.